The molecule has 0 aliphatic carbocycles. The number of hydrogen-bond donors (Lipinski definition) is 1. The molecule has 6 nitrogen and oxygen atoms in total. The van der Waals surface area contributed by atoms with Crippen molar-refractivity contribution in [2.45, 2.75) is 0 Å². The Hall–Kier alpha value is -3.43. The lowest BCUT2D eigenvalue weighted by Crippen LogP contribution is -2.21. The summed E-state index contributed by atoms with van der Waals surface area (Å²) in [5.41, 5.74) is 1.27. The van der Waals surface area contributed by atoms with Crippen molar-refractivity contribution in [1.29, 1.82) is 5.26 Å². The highest BCUT2D eigenvalue weighted by Crippen LogP contribution is 2.20. The van der Waals surface area contributed by atoms with Crippen LogP contribution in [0.5, 0.6) is 0 Å². The first kappa shape index (κ1) is 17.4. The molecule has 26 heavy (non-hydrogen) atoms. The van der Waals surface area contributed by atoms with Gasteiger partial charge in [-0.15, -0.1) is 0 Å². The number of ether oxygens (including phenoxy) is 1. The number of nitrogens with zero attached hydrogens (tertiary/aromatic N) is 2. The summed E-state index contributed by atoms with van der Waals surface area (Å²) >= 11 is 5.86. The first-order valence-electron chi connectivity index (χ1n) is 7.59. The molecule has 0 bridgehead atoms. The minimum Gasteiger partial charge on any atom is -0.451 e. The highest BCUT2D eigenvalue weighted by molar-refractivity contribution is 6.31. The van der Waals surface area contributed by atoms with E-state index in [1.807, 2.05) is 24.3 Å². The van der Waals surface area contributed by atoms with E-state index in [1.54, 1.807) is 18.2 Å². The second kappa shape index (κ2) is 7.64. The quantitative estimate of drug-likeness (QED) is 0.714. The van der Waals surface area contributed by atoms with Crippen LogP contribution in [0, 0.1) is 11.3 Å². The number of carbonyl (C=O) groups is 2. The molecule has 1 N–H and O–H groups in total. The molecule has 7 heteroatoms. The van der Waals surface area contributed by atoms with E-state index in [2.05, 4.69) is 10.3 Å². The maximum absolute atomic E-state index is 12.1. The third-order valence-electron chi connectivity index (χ3n) is 3.52. The number of rotatable bonds is 4. The Kier molecular flexibility index (Phi) is 5.11. The fourth-order valence-corrected chi connectivity index (χ4v) is 2.46. The number of esters is 1. The molecule has 0 atom stereocenters. The standard InChI is InChI=1S/C19H12ClN3O3/c20-14-7-5-13(10-21)17(9-14)23-18(24)11-26-19(25)16-8-6-12-3-1-2-4-15(12)22-16/h1-9H,11H2,(H,23,24). The van der Waals surface area contributed by atoms with Gasteiger partial charge in [0, 0.05) is 10.4 Å². The molecule has 0 saturated carbocycles. The molecule has 2 aromatic carbocycles. The van der Waals surface area contributed by atoms with E-state index in [9.17, 15) is 9.59 Å². The number of carbonyl (C=O) groups excluding carboxylic acids is 2. The highest BCUT2D eigenvalue weighted by Gasteiger charge is 2.13. The molecule has 0 saturated heterocycles. The van der Waals surface area contributed by atoms with Gasteiger partial charge < -0.3 is 10.1 Å². The van der Waals surface area contributed by atoms with Crippen LogP contribution in [0.2, 0.25) is 5.02 Å². The summed E-state index contributed by atoms with van der Waals surface area (Å²) < 4.78 is 4.99. The van der Waals surface area contributed by atoms with Crippen molar-refractivity contribution in [3.05, 3.63) is 70.9 Å². The lowest BCUT2D eigenvalue weighted by molar-refractivity contribution is -0.119. The highest BCUT2D eigenvalue weighted by atomic mass is 35.5. The van der Waals surface area contributed by atoms with Gasteiger partial charge >= 0.3 is 5.97 Å². The predicted octanol–water partition coefficient (Wildman–Crippen LogP) is 3.56. The Morgan fingerprint density at radius 1 is 1.15 bits per heavy atom. The van der Waals surface area contributed by atoms with Crippen molar-refractivity contribution in [2.24, 2.45) is 0 Å². The minimum atomic E-state index is -0.711. The van der Waals surface area contributed by atoms with Gasteiger partial charge in [-0.3, -0.25) is 4.79 Å². The normalized spacial score (nSPS) is 10.2. The monoisotopic (exact) mass is 365 g/mol. The van der Waals surface area contributed by atoms with Gasteiger partial charge in [0.05, 0.1) is 16.8 Å². The van der Waals surface area contributed by atoms with Gasteiger partial charge in [-0.05, 0) is 30.3 Å². The summed E-state index contributed by atoms with van der Waals surface area (Å²) in [6.07, 6.45) is 0. The van der Waals surface area contributed by atoms with E-state index in [1.165, 1.54) is 18.2 Å². The first-order valence-corrected chi connectivity index (χ1v) is 7.97. The Morgan fingerprint density at radius 2 is 1.96 bits per heavy atom. The Bertz CT molecular complexity index is 1040. The van der Waals surface area contributed by atoms with E-state index < -0.39 is 18.5 Å². The number of halogens is 1. The fraction of sp³-hybridized carbons (Fsp3) is 0.0526. The third-order valence-corrected chi connectivity index (χ3v) is 3.75. The first-order chi connectivity index (χ1) is 12.6. The summed E-state index contributed by atoms with van der Waals surface area (Å²) in [6.45, 7) is -0.509. The summed E-state index contributed by atoms with van der Waals surface area (Å²) in [5.74, 6) is -1.30. The number of pyridine rings is 1. The summed E-state index contributed by atoms with van der Waals surface area (Å²) in [7, 11) is 0. The smallest absolute Gasteiger partial charge is 0.357 e. The van der Waals surface area contributed by atoms with Gasteiger partial charge in [0.25, 0.3) is 5.91 Å². The number of nitriles is 1. The maximum atomic E-state index is 12.1. The zero-order valence-corrected chi connectivity index (χ0v) is 14.2. The lowest BCUT2D eigenvalue weighted by atomic mass is 10.2. The Morgan fingerprint density at radius 3 is 2.77 bits per heavy atom. The van der Waals surface area contributed by atoms with Crippen molar-refractivity contribution in [2.75, 3.05) is 11.9 Å². The van der Waals surface area contributed by atoms with E-state index in [0.29, 0.717) is 10.5 Å². The topological polar surface area (TPSA) is 92.1 Å². The number of fused-ring (bicyclic) bond motifs is 1. The molecule has 0 fully saturated rings. The molecule has 0 aliphatic heterocycles. The molecule has 0 aliphatic rings. The summed E-state index contributed by atoms with van der Waals surface area (Å²) in [6, 6.07) is 17.1. The average molecular weight is 366 g/mol. The van der Waals surface area contributed by atoms with Crippen molar-refractivity contribution in [1.82, 2.24) is 4.98 Å². The second-order valence-electron chi connectivity index (χ2n) is 5.32. The van der Waals surface area contributed by atoms with Gasteiger partial charge in [0.15, 0.2) is 6.61 Å². The van der Waals surface area contributed by atoms with E-state index >= 15 is 0 Å². The number of amides is 1. The zero-order chi connectivity index (χ0) is 18.5. The van der Waals surface area contributed by atoms with Crippen LogP contribution in [0.1, 0.15) is 16.1 Å². The van der Waals surface area contributed by atoms with E-state index in [-0.39, 0.29) is 16.9 Å². The predicted molar refractivity (Wildman–Crippen MR) is 96.8 cm³/mol. The van der Waals surface area contributed by atoms with Crippen molar-refractivity contribution in [3.63, 3.8) is 0 Å². The molecule has 0 radical (unpaired) electrons. The molecule has 3 aromatic rings. The molecule has 1 heterocycles. The summed E-state index contributed by atoms with van der Waals surface area (Å²) in [4.78, 5) is 28.3. The molecule has 1 amide bonds. The van der Waals surface area contributed by atoms with E-state index in [0.717, 1.165) is 5.39 Å². The van der Waals surface area contributed by atoms with Crippen LogP contribution in [-0.2, 0) is 9.53 Å². The molecular weight excluding hydrogens is 354 g/mol. The molecule has 0 unspecified atom stereocenters. The van der Waals surface area contributed by atoms with Gasteiger partial charge in [-0.1, -0.05) is 35.9 Å². The van der Waals surface area contributed by atoms with Crippen LogP contribution in [0.15, 0.2) is 54.6 Å². The van der Waals surface area contributed by atoms with Gasteiger partial charge in [-0.2, -0.15) is 5.26 Å². The summed E-state index contributed by atoms with van der Waals surface area (Å²) in [5, 5.41) is 12.8. The number of hydrogen-bond acceptors (Lipinski definition) is 5. The van der Waals surface area contributed by atoms with Crippen LogP contribution < -0.4 is 5.32 Å². The number of anilines is 1. The van der Waals surface area contributed by atoms with Gasteiger partial charge in [0.1, 0.15) is 11.8 Å². The zero-order valence-electron chi connectivity index (χ0n) is 13.4. The SMILES string of the molecule is N#Cc1ccc(Cl)cc1NC(=O)COC(=O)c1ccc2ccccc2n1. The lowest BCUT2D eigenvalue weighted by Gasteiger charge is -2.08. The maximum Gasteiger partial charge on any atom is 0.357 e. The molecule has 1 aromatic heterocycles. The van der Waals surface area contributed by atoms with Gasteiger partial charge in [0.2, 0.25) is 0 Å². The molecule has 0 spiro atoms. The molecule has 128 valence electrons. The molecule has 3 rings (SSSR count). The van der Waals surface area contributed by atoms with Crippen LogP contribution >= 0.6 is 11.6 Å². The van der Waals surface area contributed by atoms with Crippen molar-refractivity contribution < 1.29 is 14.3 Å². The second-order valence-corrected chi connectivity index (χ2v) is 5.75. The van der Waals surface area contributed by atoms with Crippen LogP contribution in [0.3, 0.4) is 0 Å². The van der Waals surface area contributed by atoms with Crippen molar-refractivity contribution >= 4 is 40.1 Å². The number of benzene rings is 2. The number of nitrogens with one attached hydrogen (secondary N) is 1. The number of para-hydroxylation sites is 1. The molecular formula is C19H12ClN3O3. The van der Waals surface area contributed by atoms with Crippen LogP contribution in [-0.4, -0.2) is 23.5 Å². The average Bonchev–Trinajstić information content (AvgIpc) is 2.66. The van der Waals surface area contributed by atoms with E-state index in [4.69, 9.17) is 21.6 Å². The van der Waals surface area contributed by atoms with Crippen molar-refractivity contribution in [3.8, 4) is 6.07 Å². The fourth-order valence-electron chi connectivity index (χ4n) is 2.29. The minimum absolute atomic E-state index is 0.108. The Labute approximate surface area is 154 Å². The van der Waals surface area contributed by atoms with Crippen LogP contribution in [0.4, 0.5) is 5.69 Å². The van der Waals surface area contributed by atoms with Crippen LogP contribution in [0.25, 0.3) is 10.9 Å². The third kappa shape index (κ3) is 3.97. The largest absolute Gasteiger partial charge is 0.451 e. The number of aromatic nitrogens is 1. The Balaban J connectivity index is 1.64. The van der Waals surface area contributed by atoms with Gasteiger partial charge in [-0.25, -0.2) is 9.78 Å².